The first-order chi connectivity index (χ1) is 24.7. The van der Waals surface area contributed by atoms with E-state index in [2.05, 4.69) is 179 Å². The van der Waals surface area contributed by atoms with Crippen molar-refractivity contribution in [3.63, 3.8) is 0 Å². The van der Waals surface area contributed by atoms with Crippen molar-refractivity contribution in [2.24, 2.45) is 0 Å². The van der Waals surface area contributed by atoms with Gasteiger partial charge in [-0.05, 0) is 94.4 Å². The van der Waals surface area contributed by atoms with Crippen LogP contribution in [0.2, 0.25) is 0 Å². The minimum absolute atomic E-state index is 0. The van der Waals surface area contributed by atoms with Gasteiger partial charge in [-0.25, -0.2) is 18.3 Å². The van der Waals surface area contributed by atoms with Crippen molar-refractivity contribution in [3.05, 3.63) is 147 Å². The van der Waals surface area contributed by atoms with E-state index in [9.17, 15) is 0 Å². The van der Waals surface area contributed by atoms with Crippen LogP contribution in [0, 0.1) is 0 Å². The first-order valence-electron chi connectivity index (χ1n) is 18.7. The molecule has 0 aliphatic carbocycles. The molecule has 4 nitrogen and oxygen atoms in total. The number of benzene rings is 6. The standard InChI is InChI=1S/2C23H25N2.2HI/c2*1-2-3-4-7-13-24-14-15-25(18-24)23-12-8-11-21-16-19-9-5-6-10-20(19)17-22(21)23;;/h2*5-6,8-12,14-18H,2-4,7,13H2,1H3;2*1H/q2*+1;;/p-2. The molecule has 0 bridgehead atoms. The van der Waals surface area contributed by atoms with Crippen molar-refractivity contribution in [2.45, 2.75) is 78.3 Å². The third-order valence-corrected chi connectivity index (χ3v) is 9.93. The minimum atomic E-state index is 0. The van der Waals surface area contributed by atoms with E-state index in [0.29, 0.717) is 0 Å². The maximum Gasteiger partial charge on any atom is 0.248 e. The predicted molar refractivity (Wildman–Crippen MR) is 210 cm³/mol. The van der Waals surface area contributed by atoms with Crippen LogP contribution in [0.3, 0.4) is 0 Å². The SMILES string of the molecule is CCCCCC[n+]1ccn(-c2cccc3cc4ccccc4cc23)c1.CCCCCC[n+]1ccn(-c2cccc3cc4ccccc4cc23)c1.[I-].[I-]. The zero-order chi connectivity index (χ0) is 34.1. The van der Waals surface area contributed by atoms with Gasteiger partial charge in [0.15, 0.2) is 0 Å². The number of aromatic nitrogens is 4. The van der Waals surface area contributed by atoms with Crippen LogP contribution in [0.5, 0.6) is 0 Å². The average molecular weight is 913 g/mol. The van der Waals surface area contributed by atoms with E-state index in [1.165, 1.54) is 106 Å². The van der Waals surface area contributed by atoms with Gasteiger partial charge in [0, 0.05) is 10.8 Å². The Morgan fingerprint density at radius 3 is 1.21 bits per heavy atom. The molecule has 2 heterocycles. The van der Waals surface area contributed by atoms with Gasteiger partial charge in [-0.2, -0.15) is 0 Å². The number of imidazole rings is 2. The van der Waals surface area contributed by atoms with Crippen LogP contribution < -0.4 is 57.1 Å². The lowest BCUT2D eigenvalue weighted by molar-refractivity contribution is -0.696. The fraction of sp³-hybridized carbons (Fsp3) is 0.261. The Hall–Kier alpha value is -3.76. The minimum Gasteiger partial charge on any atom is -1.00 e. The highest BCUT2D eigenvalue weighted by molar-refractivity contribution is 6.02. The van der Waals surface area contributed by atoms with Crippen molar-refractivity contribution in [2.75, 3.05) is 0 Å². The fourth-order valence-corrected chi connectivity index (χ4v) is 7.13. The van der Waals surface area contributed by atoms with Crippen molar-refractivity contribution >= 4 is 43.1 Å². The summed E-state index contributed by atoms with van der Waals surface area (Å²) in [6.07, 6.45) is 23.5. The predicted octanol–water partition coefficient (Wildman–Crippen LogP) is 5.31. The number of rotatable bonds is 12. The molecule has 0 radical (unpaired) electrons. The number of halogens is 2. The quantitative estimate of drug-likeness (QED) is 0.0686. The van der Waals surface area contributed by atoms with Crippen LogP contribution in [0.1, 0.15) is 65.2 Å². The molecule has 8 rings (SSSR count). The number of unbranched alkanes of at least 4 members (excludes halogenated alkanes) is 6. The zero-order valence-electron chi connectivity index (χ0n) is 30.5. The number of fused-ring (bicyclic) bond motifs is 4. The first kappa shape index (κ1) is 39.4. The van der Waals surface area contributed by atoms with E-state index in [1.807, 2.05) is 0 Å². The zero-order valence-corrected chi connectivity index (χ0v) is 34.8. The molecule has 0 saturated heterocycles. The van der Waals surface area contributed by atoms with Gasteiger partial charge >= 0.3 is 0 Å². The molecule has 52 heavy (non-hydrogen) atoms. The largest absolute Gasteiger partial charge is 1.00 e. The average Bonchev–Trinajstić information content (AvgIpc) is 3.83. The molecule has 0 aliphatic rings. The summed E-state index contributed by atoms with van der Waals surface area (Å²) < 4.78 is 9.10. The van der Waals surface area contributed by atoms with E-state index in [0.717, 1.165) is 13.1 Å². The van der Waals surface area contributed by atoms with Crippen LogP contribution >= 0.6 is 0 Å². The summed E-state index contributed by atoms with van der Waals surface area (Å²) in [7, 11) is 0. The summed E-state index contributed by atoms with van der Waals surface area (Å²) >= 11 is 0. The number of aryl methyl sites for hydroxylation is 2. The second kappa shape index (κ2) is 19.4. The Kier molecular flexibility index (Phi) is 14.7. The maximum absolute atomic E-state index is 2.31. The molecule has 0 aliphatic heterocycles. The second-order valence-corrected chi connectivity index (χ2v) is 13.6. The summed E-state index contributed by atoms with van der Waals surface area (Å²) in [4.78, 5) is 0. The maximum atomic E-state index is 2.31. The summed E-state index contributed by atoms with van der Waals surface area (Å²) in [5.41, 5.74) is 2.49. The van der Waals surface area contributed by atoms with Crippen LogP contribution in [0.15, 0.2) is 147 Å². The fourth-order valence-electron chi connectivity index (χ4n) is 7.13. The monoisotopic (exact) mass is 912 g/mol. The van der Waals surface area contributed by atoms with Crippen molar-refractivity contribution in [1.82, 2.24) is 9.13 Å². The smallest absolute Gasteiger partial charge is 0.248 e. The third-order valence-electron chi connectivity index (χ3n) is 9.93. The molecule has 6 heteroatoms. The van der Waals surface area contributed by atoms with E-state index >= 15 is 0 Å². The van der Waals surface area contributed by atoms with Gasteiger partial charge in [-0.15, -0.1) is 0 Å². The lowest BCUT2D eigenvalue weighted by Crippen LogP contribution is -3.00. The molecule has 0 fully saturated rings. The normalized spacial score (nSPS) is 11.0. The van der Waals surface area contributed by atoms with Gasteiger partial charge in [0.1, 0.15) is 36.2 Å². The summed E-state index contributed by atoms with van der Waals surface area (Å²) in [5.74, 6) is 0. The Bertz CT molecular complexity index is 2170. The molecule has 0 atom stereocenters. The summed E-state index contributed by atoms with van der Waals surface area (Å²) in [6.45, 7) is 6.71. The molecule has 0 N–H and O–H groups in total. The molecular weight excluding hydrogens is 862 g/mol. The summed E-state index contributed by atoms with van der Waals surface area (Å²) in [5, 5.41) is 10.4. The van der Waals surface area contributed by atoms with Crippen LogP contribution in [0.4, 0.5) is 0 Å². The van der Waals surface area contributed by atoms with Crippen molar-refractivity contribution in [1.29, 1.82) is 0 Å². The highest BCUT2D eigenvalue weighted by Gasteiger charge is 2.13. The molecule has 0 spiro atoms. The van der Waals surface area contributed by atoms with Crippen molar-refractivity contribution < 1.29 is 57.1 Å². The van der Waals surface area contributed by atoms with Gasteiger partial charge in [0.25, 0.3) is 0 Å². The molecule has 268 valence electrons. The van der Waals surface area contributed by atoms with Crippen LogP contribution in [0.25, 0.3) is 54.5 Å². The topological polar surface area (TPSA) is 17.6 Å². The Morgan fingerprint density at radius 1 is 0.423 bits per heavy atom. The van der Waals surface area contributed by atoms with E-state index in [-0.39, 0.29) is 48.0 Å². The van der Waals surface area contributed by atoms with E-state index in [1.54, 1.807) is 0 Å². The third kappa shape index (κ3) is 9.42. The lowest BCUT2D eigenvalue weighted by atomic mass is 10.0. The van der Waals surface area contributed by atoms with E-state index in [4.69, 9.17) is 0 Å². The summed E-state index contributed by atoms with van der Waals surface area (Å²) in [6, 6.07) is 39.5. The van der Waals surface area contributed by atoms with Gasteiger partial charge in [0.05, 0.1) is 13.1 Å². The van der Waals surface area contributed by atoms with Crippen molar-refractivity contribution in [3.8, 4) is 11.4 Å². The second-order valence-electron chi connectivity index (χ2n) is 13.6. The Labute approximate surface area is 343 Å². The molecule has 2 aromatic heterocycles. The van der Waals surface area contributed by atoms with Gasteiger partial charge in [-0.1, -0.05) is 112 Å². The molecule has 8 aromatic rings. The number of hydrogen-bond acceptors (Lipinski definition) is 0. The highest BCUT2D eigenvalue weighted by atomic mass is 127. The number of nitrogens with zero attached hydrogens (tertiary/aromatic N) is 4. The Balaban J connectivity index is 0.000000194. The van der Waals surface area contributed by atoms with Crippen LogP contribution in [-0.4, -0.2) is 9.13 Å². The molecule has 0 unspecified atom stereocenters. The first-order valence-corrected chi connectivity index (χ1v) is 18.7. The molecular formula is C46H50I2N4. The van der Waals surface area contributed by atoms with Crippen LogP contribution in [-0.2, 0) is 13.1 Å². The van der Waals surface area contributed by atoms with Gasteiger partial charge < -0.3 is 48.0 Å². The Morgan fingerprint density at radius 2 is 0.808 bits per heavy atom. The van der Waals surface area contributed by atoms with Gasteiger partial charge in [0.2, 0.25) is 12.7 Å². The molecule has 0 saturated carbocycles. The highest BCUT2D eigenvalue weighted by Crippen LogP contribution is 2.29. The molecule has 6 aromatic carbocycles. The lowest BCUT2D eigenvalue weighted by Gasteiger charge is -2.05. The van der Waals surface area contributed by atoms with Gasteiger partial charge in [-0.3, -0.25) is 0 Å². The number of hydrogen-bond donors (Lipinski definition) is 0. The van der Waals surface area contributed by atoms with E-state index < -0.39 is 0 Å². The molecule has 0 amide bonds.